The molecule has 1 saturated heterocycles. The Morgan fingerprint density at radius 3 is 2.50 bits per heavy atom. The molecule has 1 amide bonds. The predicted molar refractivity (Wildman–Crippen MR) is 75.4 cm³/mol. The molecule has 2 aliphatic rings. The van der Waals surface area contributed by atoms with E-state index < -0.39 is 20.9 Å². The average molecular weight is 327 g/mol. The van der Waals surface area contributed by atoms with Crippen LogP contribution in [0.1, 0.15) is 10.4 Å². The Labute approximate surface area is 126 Å². The van der Waals surface area contributed by atoms with Gasteiger partial charge in [-0.15, -0.1) is 0 Å². The number of nitro benzene ring substituents is 1. The first-order valence-corrected chi connectivity index (χ1v) is 7.96. The molecule has 22 heavy (non-hydrogen) atoms. The van der Waals surface area contributed by atoms with Crippen LogP contribution in [0, 0.1) is 10.1 Å². The van der Waals surface area contributed by atoms with E-state index in [1.807, 2.05) is 0 Å². The van der Waals surface area contributed by atoms with Gasteiger partial charge in [-0.25, -0.2) is 12.7 Å². The van der Waals surface area contributed by atoms with Gasteiger partial charge in [0, 0.05) is 26.2 Å². The number of amides is 1. The summed E-state index contributed by atoms with van der Waals surface area (Å²) in [5, 5.41) is 11.3. The minimum atomic E-state index is -3.93. The standard InChI is InChI=1S/C12H13N3O6S/c1-13-12(16)8-6-10(15(17)18)9(7-11(8)22(13,19)20)14-2-4-21-5-3-14/h6-7H,2-5H2,1H3. The van der Waals surface area contributed by atoms with Crippen molar-refractivity contribution in [2.24, 2.45) is 0 Å². The lowest BCUT2D eigenvalue weighted by molar-refractivity contribution is -0.384. The fraction of sp³-hybridized carbons (Fsp3) is 0.417. The molecule has 3 rings (SSSR count). The lowest BCUT2D eigenvalue weighted by atomic mass is 10.1. The molecule has 0 unspecified atom stereocenters. The Bertz CT molecular complexity index is 769. The van der Waals surface area contributed by atoms with E-state index in [0.29, 0.717) is 30.6 Å². The zero-order valence-corrected chi connectivity index (χ0v) is 12.5. The van der Waals surface area contributed by atoms with E-state index in [1.165, 1.54) is 6.07 Å². The minimum absolute atomic E-state index is 0.161. The summed E-state index contributed by atoms with van der Waals surface area (Å²) < 4.78 is 30.2. The van der Waals surface area contributed by atoms with E-state index >= 15 is 0 Å². The van der Waals surface area contributed by atoms with Crippen LogP contribution in [0.2, 0.25) is 0 Å². The van der Waals surface area contributed by atoms with Crippen molar-refractivity contribution in [3.63, 3.8) is 0 Å². The zero-order chi connectivity index (χ0) is 16.1. The van der Waals surface area contributed by atoms with E-state index in [-0.39, 0.29) is 21.8 Å². The van der Waals surface area contributed by atoms with Gasteiger partial charge in [0.2, 0.25) is 0 Å². The van der Waals surface area contributed by atoms with Crippen LogP contribution in [-0.2, 0) is 14.8 Å². The quantitative estimate of drug-likeness (QED) is 0.564. The third kappa shape index (κ3) is 2.03. The Hall–Kier alpha value is -2.20. The lowest BCUT2D eigenvalue weighted by Crippen LogP contribution is -2.36. The first-order valence-electron chi connectivity index (χ1n) is 6.52. The number of hydrogen-bond acceptors (Lipinski definition) is 7. The number of fused-ring (bicyclic) bond motifs is 1. The molecule has 0 atom stereocenters. The molecule has 9 nitrogen and oxygen atoms in total. The van der Waals surface area contributed by atoms with Gasteiger partial charge in [-0.1, -0.05) is 0 Å². The SMILES string of the molecule is CN1C(=O)c2cc([N+](=O)[O-])c(N3CCOCC3)cc2S1(=O)=O. The zero-order valence-electron chi connectivity index (χ0n) is 11.7. The molecule has 118 valence electrons. The topological polar surface area (TPSA) is 110 Å². The van der Waals surface area contributed by atoms with E-state index in [1.54, 1.807) is 4.90 Å². The van der Waals surface area contributed by atoms with Crippen molar-refractivity contribution in [2.75, 3.05) is 38.3 Å². The number of carbonyl (C=O) groups is 1. The van der Waals surface area contributed by atoms with Crippen molar-refractivity contribution in [1.29, 1.82) is 0 Å². The van der Waals surface area contributed by atoms with Crippen LogP contribution in [0.15, 0.2) is 17.0 Å². The van der Waals surface area contributed by atoms with Gasteiger partial charge in [-0.3, -0.25) is 14.9 Å². The highest BCUT2D eigenvalue weighted by molar-refractivity contribution is 7.90. The van der Waals surface area contributed by atoms with Crippen molar-refractivity contribution >= 4 is 27.3 Å². The molecule has 10 heteroatoms. The van der Waals surface area contributed by atoms with Gasteiger partial charge < -0.3 is 9.64 Å². The summed E-state index contributed by atoms with van der Waals surface area (Å²) in [4.78, 5) is 24.2. The molecule has 0 bridgehead atoms. The van der Waals surface area contributed by atoms with Gasteiger partial charge in [0.1, 0.15) is 10.6 Å². The average Bonchev–Trinajstić information content (AvgIpc) is 2.68. The molecular weight excluding hydrogens is 314 g/mol. The smallest absolute Gasteiger partial charge is 0.293 e. The monoisotopic (exact) mass is 327 g/mol. The third-order valence-electron chi connectivity index (χ3n) is 3.78. The van der Waals surface area contributed by atoms with Crippen LogP contribution in [0.3, 0.4) is 0 Å². The summed E-state index contributed by atoms with van der Waals surface area (Å²) in [6, 6.07) is 2.26. The van der Waals surface area contributed by atoms with Crippen molar-refractivity contribution in [1.82, 2.24) is 4.31 Å². The largest absolute Gasteiger partial charge is 0.378 e. The van der Waals surface area contributed by atoms with E-state index in [9.17, 15) is 23.3 Å². The number of nitrogens with zero attached hydrogens (tertiary/aromatic N) is 3. The molecule has 2 aliphatic heterocycles. The molecule has 0 saturated carbocycles. The van der Waals surface area contributed by atoms with Crippen molar-refractivity contribution in [3.05, 3.63) is 27.8 Å². The number of benzene rings is 1. The van der Waals surface area contributed by atoms with Crippen LogP contribution >= 0.6 is 0 Å². The van der Waals surface area contributed by atoms with E-state index in [4.69, 9.17) is 4.74 Å². The van der Waals surface area contributed by atoms with Gasteiger partial charge >= 0.3 is 0 Å². The Morgan fingerprint density at radius 1 is 1.27 bits per heavy atom. The second kappa shape index (κ2) is 4.92. The summed E-state index contributed by atoms with van der Waals surface area (Å²) in [5.74, 6) is -0.758. The molecule has 0 radical (unpaired) electrons. The molecule has 1 aromatic rings. The Kier molecular flexibility index (Phi) is 3.29. The molecule has 1 aromatic carbocycles. The van der Waals surface area contributed by atoms with Gasteiger partial charge in [0.25, 0.3) is 21.6 Å². The summed E-state index contributed by atoms with van der Waals surface area (Å²) in [7, 11) is -2.80. The van der Waals surface area contributed by atoms with Gasteiger partial charge in [0.15, 0.2) is 0 Å². The summed E-state index contributed by atoms with van der Waals surface area (Å²) in [6.45, 7) is 1.65. The van der Waals surface area contributed by atoms with E-state index in [2.05, 4.69) is 0 Å². The van der Waals surface area contributed by atoms with Gasteiger partial charge in [-0.05, 0) is 6.07 Å². The highest BCUT2D eigenvalue weighted by Gasteiger charge is 2.41. The molecule has 0 aromatic heterocycles. The van der Waals surface area contributed by atoms with Crippen molar-refractivity contribution in [3.8, 4) is 0 Å². The maximum Gasteiger partial charge on any atom is 0.293 e. The van der Waals surface area contributed by atoms with Gasteiger partial charge in [-0.2, -0.15) is 0 Å². The van der Waals surface area contributed by atoms with Crippen LogP contribution in [-0.4, -0.2) is 56.9 Å². The number of nitro groups is 1. The Balaban J connectivity index is 2.21. The second-order valence-corrected chi connectivity index (χ2v) is 6.91. The van der Waals surface area contributed by atoms with Crippen LogP contribution in [0.4, 0.5) is 11.4 Å². The number of hydrogen-bond donors (Lipinski definition) is 0. The maximum atomic E-state index is 12.2. The number of sulfonamides is 1. The van der Waals surface area contributed by atoms with Crippen LogP contribution < -0.4 is 4.90 Å². The summed E-state index contributed by atoms with van der Waals surface area (Å²) >= 11 is 0. The summed E-state index contributed by atoms with van der Waals surface area (Å²) in [6.07, 6.45) is 0. The molecular formula is C12H13N3O6S. The number of morpholine rings is 1. The normalized spacial score (nSPS) is 20.1. The Morgan fingerprint density at radius 2 is 1.91 bits per heavy atom. The van der Waals surface area contributed by atoms with Crippen LogP contribution in [0.25, 0.3) is 0 Å². The second-order valence-electron chi connectivity index (χ2n) is 4.97. The lowest BCUT2D eigenvalue weighted by Gasteiger charge is -2.28. The highest BCUT2D eigenvalue weighted by Crippen LogP contribution is 2.38. The predicted octanol–water partition coefficient (Wildman–Crippen LogP) is 0.206. The maximum absolute atomic E-state index is 12.2. The number of rotatable bonds is 2. The van der Waals surface area contributed by atoms with Gasteiger partial charge in [0.05, 0.1) is 23.7 Å². The molecule has 0 aliphatic carbocycles. The van der Waals surface area contributed by atoms with Crippen molar-refractivity contribution in [2.45, 2.75) is 4.90 Å². The highest BCUT2D eigenvalue weighted by atomic mass is 32.2. The van der Waals surface area contributed by atoms with E-state index in [0.717, 1.165) is 13.1 Å². The summed E-state index contributed by atoms with van der Waals surface area (Å²) in [5.41, 5.74) is -0.246. The van der Waals surface area contributed by atoms with Crippen molar-refractivity contribution < 1.29 is 22.9 Å². The number of anilines is 1. The molecule has 0 N–H and O–H groups in total. The molecule has 1 fully saturated rings. The minimum Gasteiger partial charge on any atom is -0.378 e. The van der Waals surface area contributed by atoms with Crippen LogP contribution in [0.5, 0.6) is 0 Å². The fourth-order valence-electron chi connectivity index (χ4n) is 2.57. The first-order chi connectivity index (χ1) is 10.3. The number of carbonyl (C=O) groups excluding carboxylic acids is 1. The third-order valence-corrected chi connectivity index (χ3v) is 5.56. The molecule has 0 spiro atoms. The number of ether oxygens (including phenoxy) is 1. The fourth-order valence-corrected chi connectivity index (χ4v) is 3.86. The first kappa shape index (κ1) is 14.7. The molecule has 2 heterocycles.